The van der Waals surface area contributed by atoms with Crippen LogP contribution in [0.1, 0.15) is 54.4 Å². The van der Waals surface area contributed by atoms with Gasteiger partial charge in [0.15, 0.2) is 0 Å². The molecule has 2 aliphatic carbocycles. The summed E-state index contributed by atoms with van der Waals surface area (Å²) >= 11 is 0. The van der Waals surface area contributed by atoms with Crippen molar-refractivity contribution in [1.29, 1.82) is 0 Å². The average Bonchev–Trinajstić information content (AvgIpc) is 3.35. The van der Waals surface area contributed by atoms with Crippen molar-refractivity contribution >= 4 is 17.9 Å². The van der Waals surface area contributed by atoms with Crippen molar-refractivity contribution in [3.63, 3.8) is 0 Å². The lowest BCUT2D eigenvalue weighted by atomic mass is 9.51. The summed E-state index contributed by atoms with van der Waals surface area (Å²) in [5.41, 5.74) is -0.650. The van der Waals surface area contributed by atoms with E-state index in [0.717, 1.165) is 0 Å². The Morgan fingerprint density at radius 1 is 1.27 bits per heavy atom. The molecule has 2 heterocycles. The van der Waals surface area contributed by atoms with E-state index < -0.39 is 40.9 Å². The Hall–Kier alpha value is -2.19. The van der Waals surface area contributed by atoms with Crippen LogP contribution >= 0.6 is 0 Å². The molecule has 1 N–H and O–H groups in total. The first-order valence-electron chi connectivity index (χ1n) is 10.3. The molecule has 8 heteroatoms. The fourth-order valence-corrected chi connectivity index (χ4v) is 5.59. The summed E-state index contributed by atoms with van der Waals surface area (Å²) in [5, 5.41) is 11.5. The van der Waals surface area contributed by atoms with Gasteiger partial charge in [-0.1, -0.05) is 19.9 Å². The van der Waals surface area contributed by atoms with Gasteiger partial charge < -0.3 is 24.1 Å². The van der Waals surface area contributed by atoms with Crippen molar-refractivity contribution in [2.24, 2.45) is 11.3 Å². The summed E-state index contributed by atoms with van der Waals surface area (Å²) in [5.74, 6) is -3.88. The molecule has 7 atom stereocenters. The van der Waals surface area contributed by atoms with Gasteiger partial charge in [-0.2, -0.15) is 0 Å². The summed E-state index contributed by atoms with van der Waals surface area (Å²) in [6.07, 6.45) is 0.305. The van der Waals surface area contributed by atoms with Gasteiger partial charge in [0.2, 0.25) is 6.10 Å². The van der Waals surface area contributed by atoms with E-state index in [-0.39, 0.29) is 18.0 Å². The second-order valence-corrected chi connectivity index (χ2v) is 9.11. The van der Waals surface area contributed by atoms with Gasteiger partial charge in [-0.15, -0.1) is 0 Å². The van der Waals surface area contributed by atoms with Crippen molar-refractivity contribution in [3.8, 4) is 0 Å². The quantitative estimate of drug-likeness (QED) is 0.319. The number of carbonyl (C=O) groups excluding carboxylic acids is 3. The van der Waals surface area contributed by atoms with Crippen molar-refractivity contribution in [2.75, 3.05) is 0 Å². The highest BCUT2D eigenvalue weighted by atomic mass is 16.7. The minimum Gasteiger partial charge on any atom is -0.462 e. The van der Waals surface area contributed by atoms with Gasteiger partial charge in [0.05, 0.1) is 6.10 Å². The Bertz CT molecular complexity index is 903. The third kappa shape index (κ3) is 2.49. The first-order valence-corrected chi connectivity index (χ1v) is 10.3. The zero-order valence-electron chi connectivity index (χ0n) is 18.1. The van der Waals surface area contributed by atoms with Crippen LogP contribution in [0.15, 0.2) is 22.8 Å². The highest BCUT2D eigenvalue weighted by molar-refractivity contribution is 5.93. The normalized spacial score (nSPS) is 44.5. The van der Waals surface area contributed by atoms with E-state index in [2.05, 4.69) is 0 Å². The molecule has 30 heavy (non-hydrogen) atoms. The number of carbonyl (C=O) groups is 3. The highest BCUT2D eigenvalue weighted by Gasteiger charge is 2.84. The molecule has 0 radical (unpaired) electrons. The van der Waals surface area contributed by atoms with Gasteiger partial charge in [-0.25, -0.2) is 9.59 Å². The largest absolute Gasteiger partial charge is 0.462 e. The number of epoxide rings is 1. The lowest BCUT2D eigenvalue weighted by Gasteiger charge is -2.55. The van der Waals surface area contributed by atoms with Crippen LogP contribution in [-0.2, 0) is 33.3 Å². The second-order valence-electron chi connectivity index (χ2n) is 9.11. The monoisotopic (exact) mass is 420 g/mol. The number of hydrogen-bond donors (Lipinski definition) is 1. The molecule has 7 unspecified atom stereocenters. The third-order valence-electron chi connectivity index (χ3n) is 7.69. The standard InChI is InChI=1S/C22H28O8/c1-7-10(2)17(24)28-19-21-16(29-21)8-15(27-13(5)23)12(4)20(21,6)9-14-11(3)18(25)30-22(14,19)26/h7,12,15-16,19,26H,8-9H2,1-6H3. The molecular formula is C22H28O8. The van der Waals surface area contributed by atoms with Crippen LogP contribution in [0.5, 0.6) is 0 Å². The number of esters is 3. The number of allylic oxidation sites excluding steroid dienone is 1. The molecule has 0 aromatic carbocycles. The molecule has 164 valence electrons. The highest BCUT2D eigenvalue weighted by Crippen LogP contribution is 2.71. The third-order valence-corrected chi connectivity index (χ3v) is 7.69. The molecule has 4 aliphatic rings. The number of fused-ring (bicyclic) bond motifs is 1. The first kappa shape index (κ1) is 21.1. The van der Waals surface area contributed by atoms with Crippen LogP contribution in [0.4, 0.5) is 0 Å². The van der Waals surface area contributed by atoms with Crippen molar-refractivity contribution < 1.29 is 38.4 Å². The molecule has 0 aromatic rings. The van der Waals surface area contributed by atoms with Crippen molar-refractivity contribution in [3.05, 3.63) is 22.8 Å². The number of ether oxygens (including phenoxy) is 4. The number of rotatable bonds is 3. The fourth-order valence-electron chi connectivity index (χ4n) is 5.59. The van der Waals surface area contributed by atoms with Gasteiger partial charge in [0.1, 0.15) is 11.7 Å². The Morgan fingerprint density at radius 2 is 1.93 bits per heavy atom. The van der Waals surface area contributed by atoms with Crippen LogP contribution in [0.25, 0.3) is 0 Å². The van der Waals surface area contributed by atoms with Crippen LogP contribution in [0, 0.1) is 11.3 Å². The van der Waals surface area contributed by atoms with E-state index in [9.17, 15) is 19.5 Å². The maximum atomic E-state index is 12.7. The van der Waals surface area contributed by atoms with Gasteiger partial charge in [0, 0.05) is 41.4 Å². The van der Waals surface area contributed by atoms with Gasteiger partial charge in [-0.05, 0) is 27.2 Å². The average molecular weight is 420 g/mol. The second kappa shape index (κ2) is 6.40. The summed E-state index contributed by atoms with van der Waals surface area (Å²) in [6.45, 7) is 10.2. The molecular weight excluding hydrogens is 392 g/mol. The summed E-state index contributed by atoms with van der Waals surface area (Å²) in [7, 11) is 0. The topological polar surface area (TPSA) is 112 Å². The predicted octanol–water partition coefficient (Wildman–Crippen LogP) is 1.95. The Kier molecular flexibility index (Phi) is 4.50. The summed E-state index contributed by atoms with van der Waals surface area (Å²) in [6, 6.07) is 0. The number of aliphatic hydroxyl groups is 1. The van der Waals surface area contributed by atoms with Crippen LogP contribution < -0.4 is 0 Å². The van der Waals surface area contributed by atoms with Crippen LogP contribution in [0.3, 0.4) is 0 Å². The van der Waals surface area contributed by atoms with Crippen molar-refractivity contribution in [2.45, 2.75) is 84.1 Å². The molecule has 8 nitrogen and oxygen atoms in total. The zero-order valence-corrected chi connectivity index (χ0v) is 18.1. The summed E-state index contributed by atoms with van der Waals surface area (Å²) < 4.78 is 22.9. The smallest absolute Gasteiger partial charge is 0.336 e. The molecule has 2 aliphatic heterocycles. The van der Waals surface area contributed by atoms with Crippen LogP contribution in [0.2, 0.25) is 0 Å². The molecule has 2 saturated carbocycles. The maximum Gasteiger partial charge on any atom is 0.336 e. The number of hydrogen-bond acceptors (Lipinski definition) is 8. The lowest BCUT2D eigenvalue weighted by molar-refractivity contribution is -0.266. The Morgan fingerprint density at radius 3 is 2.53 bits per heavy atom. The predicted molar refractivity (Wildman–Crippen MR) is 103 cm³/mol. The summed E-state index contributed by atoms with van der Waals surface area (Å²) in [4.78, 5) is 36.7. The van der Waals surface area contributed by atoms with E-state index >= 15 is 0 Å². The van der Waals surface area contributed by atoms with E-state index in [1.807, 2.05) is 13.8 Å². The molecule has 1 spiro atoms. The van der Waals surface area contributed by atoms with Gasteiger partial charge in [-0.3, -0.25) is 4.79 Å². The van der Waals surface area contributed by atoms with E-state index in [0.29, 0.717) is 29.6 Å². The Balaban J connectivity index is 1.82. The minimum atomic E-state index is -2.08. The molecule has 1 saturated heterocycles. The molecule has 0 bridgehead atoms. The molecule has 0 aromatic heterocycles. The van der Waals surface area contributed by atoms with E-state index in [4.69, 9.17) is 18.9 Å². The molecule has 0 amide bonds. The van der Waals surface area contributed by atoms with E-state index in [1.165, 1.54) is 6.92 Å². The van der Waals surface area contributed by atoms with Crippen LogP contribution in [-0.4, -0.2) is 52.7 Å². The lowest BCUT2D eigenvalue weighted by Crippen LogP contribution is -2.69. The fraction of sp³-hybridized carbons (Fsp3) is 0.682. The minimum absolute atomic E-state index is 0.176. The zero-order chi connectivity index (χ0) is 22.2. The molecule has 3 fully saturated rings. The van der Waals surface area contributed by atoms with Gasteiger partial charge in [0.25, 0.3) is 5.79 Å². The SMILES string of the molecule is CC=C(C)C(=O)OC1C2(O)OC(=O)C(C)=C2CC2(C)C(C)C(OC(C)=O)CC3OC312. The van der Waals surface area contributed by atoms with Crippen molar-refractivity contribution in [1.82, 2.24) is 0 Å². The molecule has 4 rings (SSSR count). The Labute approximate surface area is 175 Å². The first-order chi connectivity index (χ1) is 13.9. The van der Waals surface area contributed by atoms with Gasteiger partial charge >= 0.3 is 17.9 Å². The van der Waals surface area contributed by atoms with E-state index in [1.54, 1.807) is 26.8 Å². The maximum absolute atomic E-state index is 12.7.